The maximum absolute atomic E-state index is 10.3. The van der Waals surface area contributed by atoms with Crippen molar-refractivity contribution in [3.05, 3.63) is 12.2 Å². The van der Waals surface area contributed by atoms with Crippen LogP contribution in [-0.2, 0) is 24.0 Å². The van der Waals surface area contributed by atoms with E-state index in [0.717, 1.165) is 0 Å². The summed E-state index contributed by atoms with van der Waals surface area (Å²) < 4.78 is 0. The van der Waals surface area contributed by atoms with Gasteiger partial charge in [-0.1, -0.05) is 0 Å². The highest BCUT2D eigenvalue weighted by atomic mass is 16.4. The lowest BCUT2D eigenvalue weighted by Gasteiger charge is -2.18. The summed E-state index contributed by atoms with van der Waals surface area (Å²) in [5.41, 5.74) is -2.74. The van der Waals surface area contributed by atoms with Gasteiger partial charge in [-0.15, -0.1) is 0 Å². The first-order chi connectivity index (χ1) is 9.40. The molecule has 0 atom stereocenters. The minimum Gasteiger partial charge on any atom is -0.481 e. The average Bonchev–Trinajstić information content (AvgIpc) is 2.24. The molecule has 118 valence electrons. The quantitative estimate of drug-likeness (QED) is 0.297. The Bertz CT molecular complexity index is 430. The van der Waals surface area contributed by atoms with Crippen molar-refractivity contribution in [1.82, 2.24) is 0 Å². The van der Waals surface area contributed by atoms with Gasteiger partial charge in [-0.2, -0.15) is 0 Å². The molecular formula is C10H12O11. The van der Waals surface area contributed by atoms with Gasteiger partial charge in [0.15, 0.2) is 5.60 Å². The zero-order valence-electron chi connectivity index (χ0n) is 10.3. The first kappa shape index (κ1) is 20.4. The number of carboxylic acids is 5. The second-order valence-electron chi connectivity index (χ2n) is 3.49. The minimum atomic E-state index is -2.74. The van der Waals surface area contributed by atoms with Crippen LogP contribution >= 0.6 is 0 Å². The molecule has 11 nitrogen and oxygen atoms in total. The van der Waals surface area contributed by atoms with Gasteiger partial charge in [-0.25, -0.2) is 14.4 Å². The van der Waals surface area contributed by atoms with E-state index >= 15 is 0 Å². The van der Waals surface area contributed by atoms with Crippen molar-refractivity contribution in [1.29, 1.82) is 0 Å². The third-order valence-corrected chi connectivity index (χ3v) is 1.65. The van der Waals surface area contributed by atoms with Gasteiger partial charge in [0, 0.05) is 12.2 Å². The van der Waals surface area contributed by atoms with E-state index in [2.05, 4.69) is 0 Å². The minimum absolute atomic E-state index is 0.558. The first-order valence-corrected chi connectivity index (χ1v) is 4.94. The summed E-state index contributed by atoms with van der Waals surface area (Å²) in [6.07, 6.45) is -1.17. The lowest BCUT2D eigenvalue weighted by molar-refractivity contribution is -0.170. The van der Waals surface area contributed by atoms with E-state index in [1.807, 2.05) is 0 Å². The SMILES string of the molecule is O=C(O)C=CC(=O)O.O=C(O)CC(O)(CC(=O)O)C(=O)O. The fourth-order valence-corrected chi connectivity index (χ4v) is 0.857. The van der Waals surface area contributed by atoms with Crippen LogP contribution in [0.2, 0.25) is 0 Å². The third kappa shape index (κ3) is 11.9. The number of carboxylic acid groups (broad SMARTS) is 5. The maximum atomic E-state index is 10.3. The average molecular weight is 308 g/mol. The first-order valence-electron chi connectivity index (χ1n) is 4.94. The predicted molar refractivity (Wildman–Crippen MR) is 61.5 cm³/mol. The largest absolute Gasteiger partial charge is 0.481 e. The molecule has 0 aliphatic heterocycles. The van der Waals surface area contributed by atoms with Gasteiger partial charge >= 0.3 is 29.8 Å². The Morgan fingerprint density at radius 2 is 1.00 bits per heavy atom. The monoisotopic (exact) mass is 308 g/mol. The summed E-state index contributed by atoms with van der Waals surface area (Å²) in [5.74, 6) is -7.53. The number of aliphatic carboxylic acids is 5. The highest BCUT2D eigenvalue weighted by Gasteiger charge is 2.40. The third-order valence-electron chi connectivity index (χ3n) is 1.65. The molecular weight excluding hydrogens is 296 g/mol. The summed E-state index contributed by atoms with van der Waals surface area (Å²) in [4.78, 5) is 49.6. The van der Waals surface area contributed by atoms with Crippen molar-refractivity contribution >= 4 is 29.8 Å². The van der Waals surface area contributed by atoms with Gasteiger partial charge < -0.3 is 30.6 Å². The summed E-state index contributed by atoms with van der Waals surface area (Å²) in [7, 11) is 0. The molecule has 0 heterocycles. The normalized spacial score (nSPS) is 10.3. The van der Waals surface area contributed by atoms with Gasteiger partial charge in [0.25, 0.3) is 0 Å². The topological polar surface area (TPSA) is 207 Å². The van der Waals surface area contributed by atoms with Gasteiger partial charge in [-0.05, 0) is 0 Å². The number of hydrogen-bond acceptors (Lipinski definition) is 6. The van der Waals surface area contributed by atoms with Gasteiger partial charge in [0.05, 0.1) is 12.8 Å². The molecule has 0 saturated heterocycles. The highest BCUT2D eigenvalue weighted by molar-refractivity contribution is 5.89. The zero-order valence-corrected chi connectivity index (χ0v) is 10.3. The lowest BCUT2D eigenvalue weighted by Crippen LogP contribution is -2.42. The van der Waals surface area contributed by atoms with Crippen LogP contribution in [0.5, 0.6) is 0 Å². The fraction of sp³-hybridized carbons (Fsp3) is 0.300. The molecule has 0 spiro atoms. The molecule has 0 rings (SSSR count). The second-order valence-corrected chi connectivity index (χ2v) is 3.49. The van der Waals surface area contributed by atoms with E-state index in [0.29, 0.717) is 12.2 Å². The van der Waals surface area contributed by atoms with Crippen molar-refractivity contribution in [2.24, 2.45) is 0 Å². The van der Waals surface area contributed by atoms with E-state index in [4.69, 9.17) is 30.6 Å². The highest BCUT2D eigenvalue weighted by Crippen LogP contribution is 2.15. The Morgan fingerprint density at radius 1 is 0.714 bits per heavy atom. The molecule has 0 aromatic carbocycles. The smallest absolute Gasteiger partial charge is 0.336 e. The fourth-order valence-electron chi connectivity index (χ4n) is 0.857. The molecule has 6 N–H and O–H groups in total. The van der Waals surface area contributed by atoms with Gasteiger partial charge in [0.1, 0.15) is 0 Å². The number of hydrogen-bond donors (Lipinski definition) is 6. The summed E-state index contributed by atoms with van der Waals surface area (Å²) in [5, 5.41) is 49.4. The molecule has 11 heteroatoms. The molecule has 0 aliphatic carbocycles. The Morgan fingerprint density at radius 3 is 1.14 bits per heavy atom. The van der Waals surface area contributed by atoms with Crippen molar-refractivity contribution < 1.29 is 54.6 Å². The zero-order chi connectivity index (χ0) is 17.2. The molecule has 0 aliphatic rings. The van der Waals surface area contributed by atoms with E-state index in [9.17, 15) is 24.0 Å². The molecule has 0 bridgehead atoms. The molecule has 0 radical (unpaired) electrons. The summed E-state index contributed by atoms with van der Waals surface area (Å²) in [6, 6.07) is 0. The lowest BCUT2D eigenvalue weighted by atomic mass is 9.96. The van der Waals surface area contributed by atoms with Crippen LogP contribution in [0.25, 0.3) is 0 Å². The predicted octanol–water partition coefficient (Wildman–Crippen LogP) is -1.54. The number of aliphatic hydroxyl groups is 1. The molecule has 0 unspecified atom stereocenters. The van der Waals surface area contributed by atoms with Crippen molar-refractivity contribution in [2.45, 2.75) is 18.4 Å². The van der Waals surface area contributed by atoms with E-state index < -0.39 is 48.3 Å². The standard InChI is InChI=1S/C6H8O7.C4H4O4/c7-3(8)1-6(13,5(11)12)2-4(9)10;5-3(6)1-2-4(7)8/h13H,1-2H2,(H,7,8)(H,9,10)(H,11,12);1-2H,(H,5,6)(H,7,8). The van der Waals surface area contributed by atoms with Crippen LogP contribution < -0.4 is 0 Å². The van der Waals surface area contributed by atoms with Crippen LogP contribution in [0.15, 0.2) is 12.2 Å². The van der Waals surface area contributed by atoms with E-state index in [-0.39, 0.29) is 0 Å². The Hall–Kier alpha value is -2.95. The van der Waals surface area contributed by atoms with Gasteiger partial charge in [0.2, 0.25) is 0 Å². The van der Waals surface area contributed by atoms with Crippen molar-refractivity contribution in [3.8, 4) is 0 Å². The van der Waals surface area contributed by atoms with Crippen molar-refractivity contribution in [2.75, 3.05) is 0 Å². The van der Waals surface area contributed by atoms with E-state index in [1.165, 1.54) is 0 Å². The molecule has 0 saturated carbocycles. The maximum Gasteiger partial charge on any atom is 0.336 e. The molecule has 21 heavy (non-hydrogen) atoms. The van der Waals surface area contributed by atoms with Crippen LogP contribution in [0.3, 0.4) is 0 Å². The summed E-state index contributed by atoms with van der Waals surface area (Å²) in [6.45, 7) is 0. The molecule has 0 aromatic heterocycles. The van der Waals surface area contributed by atoms with Crippen molar-refractivity contribution in [3.63, 3.8) is 0 Å². The Labute approximate surface area is 116 Å². The molecule has 0 aromatic rings. The second kappa shape index (κ2) is 9.03. The summed E-state index contributed by atoms with van der Waals surface area (Å²) >= 11 is 0. The molecule has 0 amide bonds. The van der Waals surface area contributed by atoms with Crippen LogP contribution in [-0.4, -0.2) is 66.1 Å². The Balaban J connectivity index is 0. The van der Waals surface area contributed by atoms with Crippen LogP contribution in [0.4, 0.5) is 0 Å². The van der Waals surface area contributed by atoms with Gasteiger partial charge in [-0.3, -0.25) is 9.59 Å². The molecule has 0 fully saturated rings. The number of carbonyl (C=O) groups is 5. The van der Waals surface area contributed by atoms with Crippen LogP contribution in [0, 0.1) is 0 Å². The van der Waals surface area contributed by atoms with E-state index in [1.54, 1.807) is 0 Å². The Kier molecular flexibility index (Phi) is 8.76. The number of rotatable bonds is 7. The van der Waals surface area contributed by atoms with Crippen LogP contribution in [0.1, 0.15) is 12.8 Å².